The predicted molar refractivity (Wildman–Crippen MR) is 72.4 cm³/mol. The third kappa shape index (κ3) is 4.23. The number of β-amino-alcohol motifs (C(OH)–C–C–N with tert-alkyl or cyclic N) is 1. The maximum absolute atomic E-state index is 12.0. The van der Waals surface area contributed by atoms with Crippen LogP contribution in [0.3, 0.4) is 0 Å². The molecule has 0 bridgehead atoms. The summed E-state index contributed by atoms with van der Waals surface area (Å²) in [6.07, 6.45) is 0.109. The lowest BCUT2D eigenvalue weighted by molar-refractivity contribution is -0.124. The fourth-order valence-corrected chi connectivity index (χ4v) is 2.38. The Kier molecular flexibility index (Phi) is 5.13. The number of hydrogen-bond acceptors (Lipinski definition) is 4. The van der Waals surface area contributed by atoms with Crippen molar-refractivity contribution in [3.05, 3.63) is 0 Å². The molecule has 0 aromatic rings. The number of aliphatic hydroxyl groups excluding tert-OH is 1. The Labute approximate surface area is 110 Å². The number of carbonyl (C=O) groups excluding carboxylic acids is 1. The van der Waals surface area contributed by atoms with Gasteiger partial charge in [-0.25, -0.2) is 0 Å². The molecule has 0 radical (unpaired) electrons. The van der Waals surface area contributed by atoms with Crippen molar-refractivity contribution in [2.24, 2.45) is 5.41 Å². The van der Waals surface area contributed by atoms with Crippen LogP contribution in [0.5, 0.6) is 0 Å². The average Bonchev–Trinajstić information content (AvgIpc) is 2.62. The second kappa shape index (κ2) is 5.99. The first kappa shape index (κ1) is 15.4. The molecule has 0 aromatic heterocycles. The van der Waals surface area contributed by atoms with Gasteiger partial charge in [-0.3, -0.25) is 4.79 Å². The van der Waals surface area contributed by atoms with E-state index in [1.54, 1.807) is 0 Å². The van der Waals surface area contributed by atoms with Gasteiger partial charge < -0.3 is 20.6 Å². The van der Waals surface area contributed by atoms with Gasteiger partial charge in [-0.2, -0.15) is 0 Å². The fraction of sp³-hybridized carbons (Fsp3) is 0.923. The van der Waals surface area contributed by atoms with Crippen LogP contribution in [0.4, 0.5) is 0 Å². The number of rotatable bonds is 5. The van der Waals surface area contributed by atoms with Gasteiger partial charge in [0.2, 0.25) is 5.91 Å². The zero-order valence-electron chi connectivity index (χ0n) is 12.2. The van der Waals surface area contributed by atoms with Crippen LogP contribution >= 0.6 is 0 Å². The Balaban J connectivity index is 2.48. The van der Waals surface area contributed by atoms with E-state index in [9.17, 15) is 9.90 Å². The van der Waals surface area contributed by atoms with Gasteiger partial charge in [-0.1, -0.05) is 13.8 Å². The molecule has 3 N–H and O–H groups in total. The van der Waals surface area contributed by atoms with Gasteiger partial charge in [-0.15, -0.1) is 0 Å². The first-order valence-corrected chi connectivity index (χ1v) is 6.59. The number of nitrogens with one attached hydrogen (secondary N) is 2. The highest BCUT2D eigenvalue weighted by Crippen LogP contribution is 2.21. The molecule has 1 rings (SSSR count). The van der Waals surface area contributed by atoms with Crippen molar-refractivity contribution in [2.45, 2.75) is 45.4 Å². The van der Waals surface area contributed by atoms with Crippen molar-refractivity contribution in [1.82, 2.24) is 15.5 Å². The summed E-state index contributed by atoms with van der Waals surface area (Å²) in [7, 11) is 4.07. The van der Waals surface area contributed by atoms with E-state index in [-0.39, 0.29) is 23.4 Å². The summed E-state index contributed by atoms with van der Waals surface area (Å²) >= 11 is 0. The van der Waals surface area contributed by atoms with Gasteiger partial charge in [0, 0.05) is 19.1 Å². The molecule has 1 aliphatic rings. The van der Waals surface area contributed by atoms with E-state index in [0.29, 0.717) is 13.0 Å². The second-order valence-corrected chi connectivity index (χ2v) is 6.31. The summed E-state index contributed by atoms with van der Waals surface area (Å²) in [5.41, 5.74) is 0.0103. The van der Waals surface area contributed by atoms with Crippen LogP contribution in [-0.2, 0) is 4.79 Å². The Morgan fingerprint density at radius 2 is 2.17 bits per heavy atom. The number of aliphatic hydroxyl groups is 1. The molecule has 0 aromatic carbocycles. The van der Waals surface area contributed by atoms with E-state index in [1.807, 2.05) is 21.0 Å². The number of hydrogen-bond donors (Lipinski definition) is 3. The van der Waals surface area contributed by atoms with E-state index in [1.165, 1.54) is 0 Å². The molecular formula is C13H27N3O2. The first-order chi connectivity index (χ1) is 8.22. The standard InChI is InChI=1S/C13H27N3O2/c1-9(13(2,3)8-16(4)5)15-12(18)11-6-10(17)7-14-11/h9-11,14,17H,6-8H2,1-5H3,(H,15,18)/t9-,10-,11+/m0/s1. The zero-order valence-corrected chi connectivity index (χ0v) is 12.2. The van der Waals surface area contributed by atoms with Crippen molar-refractivity contribution >= 4 is 5.91 Å². The third-order valence-electron chi connectivity index (χ3n) is 3.68. The van der Waals surface area contributed by atoms with E-state index in [2.05, 4.69) is 29.4 Å². The highest BCUT2D eigenvalue weighted by molar-refractivity contribution is 5.82. The molecule has 5 heteroatoms. The SMILES string of the molecule is C[C@H](NC(=O)[C@H]1C[C@H](O)CN1)C(C)(C)CN(C)C. The summed E-state index contributed by atoms with van der Waals surface area (Å²) in [5.74, 6) is -0.00844. The highest BCUT2D eigenvalue weighted by atomic mass is 16.3. The minimum Gasteiger partial charge on any atom is -0.392 e. The summed E-state index contributed by atoms with van der Waals surface area (Å²) in [4.78, 5) is 14.2. The van der Waals surface area contributed by atoms with Gasteiger partial charge in [0.25, 0.3) is 0 Å². The van der Waals surface area contributed by atoms with Gasteiger partial charge in [0.05, 0.1) is 12.1 Å². The molecule has 1 aliphatic heterocycles. The molecule has 1 saturated heterocycles. The van der Waals surface area contributed by atoms with Crippen LogP contribution < -0.4 is 10.6 Å². The Hall–Kier alpha value is -0.650. The van der Waals surface area contributed by atoms with Crippen LogP contribution in [0.1, 0.15) is 27.2 Å². The lowest BCUT2D eigenvalue weighted by Crippen LogP contribution is -2.51. The molecular weight excluding hydrogens is 230 g/mol. The summed E-state index contributed by atoms with van der Waals surface area (Å²) in [6, 6.07) is -0.162. The molecule has 5 nitrogen and oxygen atoms in total. The number of nitrogens with zero attached hydrogens (tertiary/aromatic N) is 1. The predicted octanol–water partition coefficient (Wildman–Crippen LogP) is -0.198. The maximum Gasteiger partial charge on any atom is 0.237 e. The normalized spacial score (nSPS) is 26.4. The van der Waals surface area contributed by atoms with Gasteiger partial charge in [0.15, 0.2) is 0 Å². The van der Waals surface area contributed by atoms with Crippen LogP contribution in [0.2, 0.25) is 0 Å². The minimum atomic E-state index is -0.397. The fourth-order valence-electron chi connectivity index (χ4n) is 2.38. The molecule has 1 fully saturated rings. The van der Waals surface area contributed by atoms with Crippen LogP contribution in [0, 0.1) is 5.41 Å². The van der Waals surface area contributed by atoms with E-state index >= 15 is 0 Å². The topological polar surface area (TPSA) is 64.6 Å². The van der Waals surface area contributed by atoms with Crippen LogP contribution in [0.25, 0.3) is 0 Å². The molecule has 106 valence electrons. The molecule has 3 atom stereocenters. The largest absolute Gasteiger partial charge is 0.392 e. The lowest BCUT2D eigenvalue weighted by Gasteiger charge is -2.35. The summed E-state index contributed by atoms with van der Waals surface area (Å²) in [5, 5.41) is 15.5. The average molecular weight is 257 g/mol. The molecule has 0 unspecified atom stereocenters. The minimum absolute atomic E-state index is 0.00844. The van der Waals surface area contributed by atoms with Crippen molar-refractivity contribution in [1.29, 1.82) is 0 Å². The molecule has 0 saturated carbocycles. The monoisotopic (exact) mass is 257 g/mol. The quantitative estimate of drug-likeness (QED) is 0.638. The number of amides is 1. The van der Waals surface area contributed by atoms with Crippen LogP contribution in [0.15, 0.2) is 0 Å². The molecule has 1 heterocycles. The van der Waals surface area contributed by atoms with Crippen molar-refractivity contribution < 1.29 is 9.90 Å². The Morgan fingerprint density at radius 1 is 1.56 bits per heavy atom. The zero-order chi connectivity index (χ0) is 13.9. The molecule has 0 aliphatic carbocycles. The van der Waals surface area contributed by atoms with Crippen molar-refractivity contribution in [2.75, 3.05) is 27.2 Å². The van der Waals surface area contributed by atoms with Crippen LogP contribution in [-0.4, -0.2) is 61.3 Å². The molecule has 18 heavy (non-hydrogen) atoms. The Morgan fingerprint density at radius 3 is 2.61 bits per heavy atom. The van der Waals surface area contributed by atoms with E-state index in [4.69, 9.17) is 0 Å². The summed E-state index contributed by atoms with van der Waals surface area (Å²) < 4.78 is 0. The molecule has 0 spiro atoms. The van der Waals surface area contributed by atoms with Gasteiger partial charge in [-0.05, 0) is 32.9 Å². The smallest absolute Gasteiger partial charge is 0.237 e. The lowest BCUT2D eigenvalue weighted by atomic mass is 9.84. The second-order valence-electron chi connectivity index (χ2n) is 6.31. The van der Waals surface area contributed by atoms with Crippen molar-refractivity contribution in [3.8, 4) is 0 Å². The maximum atomic E-state index is 12.0. The van der Waals surface area contributed by atoms with E-state index in [0.717, 1.165) is 6.54 Å². The van der Waals surface area contributed by atoms with Crippen molar-refractivity contribution in [3.63, 3.8) is 0 Å². The van der Waals surface area contributed by atoms with Gasteiger partial charge in [0.1, 0.15) is 0 Å². The molecule has 1 amide bonds. The van der Waals surface area contributed by atoms with E-state index < -0.39 is 6.10 Å². The first-order valence-electron chi connectivity index (χ1n) is 6.59. The third-order valence-corrected chi connectivity index (χ3v) is 3.68. The Bertz CT molecular complexity index is 292. The highest BCUT2D eigenvalue weighted by Gasteiger charge is 2.32. The summed E-state index contributed by atoms with van der Waals surface area (Å²) in [6.45, 7) is 7.75. The number of carbonyl (C=O) groups is 1. The van der Waals surface area contributed by atoms with Gasteiger partial charge >= 0.3 is 0 Å².